The van der Waals surface area contributed by atoms with Crippen LogP contribution in [0.4, 0.5) is 9.39 Å². The lowest BCUT2D eigenvalue weighted by atomic mass is 9.97. The van der Waals surface area contributed by atoms with E-state index in [9.17, 15) is 14.0 Å². The highest BCUT2D eigenvalue weighted by Gasteiger charge is 2.25. The van der Waals surface area contributed by atoms with Gasteiger partial charge < -0.3 is 16.0 Å². The standard InChI is InChI=1S/C19H22FN3O2S/c1-12-9-16(22-18(24)14-3-2-4-15(20)10-14)26-17(12)19(25)23-7-5-13(11-21)6-8-23/h2-4,9-10,13H,5-8,11,21H2,1H3,(H,22,24). The largest absolute Gasteiger partial charge is 0.338 e. The molecule has 0 spiro atoms. The summed E-state index contributed by atoms with van der Waals surface area (Å²) in [5.41, 5.74) is 6.77. The first-order valence-electron chi connectivity index (χ1n) is 8.64. The minimum Gasteiger partial charge on any atom is -0.338 e. The van der Waals surface area contributed by atoms with E-state index < -0.39 is 11.7 Å². The van der Waals surface area contributed by atoms with Crippen molar-refractivity contribution in [1.29, 1.82) is 0 Å². The molecule has 3 rings (SSSR count). The Morgan fingerprint density at radius 3 is 2.69 bits per heavy atom. The van der Waals surface area contributed by atoms with Crippen molar-refractivity contribution in [3.63, 3.8) is 0 Å². The van der Waals surface area contributed by atoms with Gasteiger partial charge in [0.2, 0.25) is 0 Å². The zero-order valence-electron chi connectivity index (χ0n) is 14.6. The number of carbonyl (C=O) groups is 2. The average Bonchev–Trinajstić information content (AvgIpc) is 3.01. The van der Waals surface area contributed by atoms with Gasteiger partial charge in [-0.3, -0.25) is 9.59 Å². The Hall–Kier alpha value is -2.25. The number of carbonyl (C=O) groups excluding carboxylic acids is 2. The van der Waals surface area contributed by atoms with E-state index in [0.717, 1.165) is 18.4 Å². The van der Waals surface area contributed by atoms with Gasteiger partial charge in [0.25, 0.3) is 11.8 Å². The Balaban J connectivity index is 1.69. The van der Waals surface area contributed by atoms with Crippen molar-refractivity contribution in [1.82, 2.24) is 4.90 Å². The fraction of sp³-hybridized carbons (Fsp3) is 0.368. The fourth-order valence-electron chi connectivity index (χ4n) is 3.09. The number of aryl methyl sites for hydroxylation is 1. The van der Waals surface area contributed by atoms with E-state index in [1.165, 1.54) is 29.5 Å². The van der Waals surface area contributed by atoms with E-state index in [2.05, 4.69) is 5.32 Å². The first kappa shape index (κ1) is 18.5. The van der Waals surface area contributed by atoms with Crippen LogP contribution >= 0.6 is 11.3 Å². The smallest absolute Gasteiger partial charge is 0.264 e. The van der Waals surface area contributed by atoms with E-state index in [0.29, 0.717) is 35.4 Å². The van der Waals surface area contributed by atoms with Crippen molar-refractivity contribution >= 4 is 28.2 Å². The number of benzene rings is 1. The Labute approximate surface area is 156 Å². The summed E-state index contributed by atoms with van der Waals surface area (Å²) in [4.78, 5) is 27.5. The Morgan fingerprint density at radius 2 is 2.04 bits per heavy atom. The number of piperidine rings is 1. The number of anilines is 1. The summed E-state index contributed by atoms with van der Waals surface area (Å²) in [5.74, 6) is -0.371. The van der Waals surface area contributed by atoms with Gasteiger partial charge in [-0.05, 0) is 62.1 Å². The van der Waals surface area contributed by atoms with Crippen LogP contribution in [0.3, 0.4) is 0 Å². The van der Waals surface area contributed by atoms with Crippen molar-refractivity contribution in [2.45, 2.75) is 19.8 Å². The summed E-state index contributed by atoms with van der Waals surface area (Å²) in [6.45, 7) is 3.94. The van der Waals surface area contributed by atoms with Crippen LogP contribution in [0, 0.1) is 18.7 Å². The summed E-state index contributed by atoms with van der Waals surface area (Å²) < 4.78 is 13.3. The number of nitrogens with two attached hydrogens (primary N) is 1. The Kier molecular flexibility index (Phi) is 5.68. The van der Waals surface area contributed by atoms with E-state index in [1.54, 1.807) is 12.1 Å². The quantitative estimate of drug-likeness (QED) is 0.861. The monoisotopic (exact) mass is 375 g/mol. The molecule has 2 heterocycles. The number of amides is 2. The molecule has 1 aromatic heterocycles. The van der Waals surface area contributed by atoms with Crippen molar-refractivity contribution in [3.8, 4) is 0 Å². The lowest BCUT2D eigenvalue weighted by Gasteiger charge is -2.31. The van der Waals surface area contributed by atoms with E-state index in [-0.39, 0.29) is 11.5 Å². The number of nitrogens with one attached hydrogen (secondary N) is 1. The molecular weight excluding hydrogens is 353 g/mol. The van der Waals surface area contributed by atoms with Crippen LogP contribution in [0.25, 0.3) is 0 Å². The number of hydrogen-bond donors (Lipinski definition) is 2. The summed E-state index contributed by atoms with van der Waals surface area (Å²) in [6, 6.07) is 7.29. The third-order valence-electron chi connectivity index (χ3n) is 4.67. The molecule has 0 radical (unpaired) electrons. The SMILES string of the molecule is Cc1cc(NC(=O)c2cccc(F)c2)sc1C(=O)N1CCC(CN)CC1. The molecule has 1 aliphatic rings. The minimum absolute atomic E-state index is 0.00535. The van der Waals surface area contributed by atoms with Gasteiger partial charge in [0, 0.05) is 18.7 Å². The highest BCUT2D eigenvalue weighted by atomic mass is 32.1. The molecule has 1 aliphatic heterocycles. The maximum absolute atomic E-state index is 13.3. The molecule has 0 bridgehead atoms. The molecule has 0 saturated carbocycles. The van der Waals surface area contributed by atoms with E-state index >= 15 is 0 Å². The summed E-state index contributed by atoms with van der Waals surface area (Å²) in [5, 5.41) is 3.33. The Morgan fingerprint density at radius 1 is 1.31 bits per heavy atom. The van der Waals surface area contributed by atoms with Crippen LogP contribution < -0.4 is 11.1 Å². The van der Waals surface area contributed by atoms with Crippen molar-refractivity contribution in [2.24, 2.45) is 11.7 Å². The van der Waals surface area contributed by atoms with E-state index in [4.69, 9.17) is 5.73 Å². The van der Waals surface area contributed by atoms with Gasteiger partial charge in [0.15, 0.2) is 0 Å². The number of thiophene rings is 1. The highest BCUT2D eigenvalue weighted by molar-refractivity contribution is 7.18. The molecule has 2 aromatic rings. The number of halogens is 1. The van der Waals surface area contributed by atoms with E-state index in [1.807, 2.05) is 11.8 Å². The molecule has 138 valence electrons. The van der Waals surface area contributed by atoms with Crippen LogP contribution in [0.5, 0.6) is 0 Å². The molecule has 26 heavy (non-hydrogen) atoms. The molecule has 7 heteroatoms. The van der Waals surface area contributed by atoms with Gasteiger partial charge >= 0.3 is 0 Å². The molecule has 2 amide bonds. The molecule has 1 saturated heterocycles. The zero-order chi connectivity index (χ0) is 18.7. The maximum Gasteiger partial charge on any atom is 0.264 e. The normalized spacial score (nSPS) is 15.1. The summed E-state index contributed by atoms with van der Waals surface area (Å²) >= 11 is 1.25. The summed E-state index contributed by atoms with van der Waals surface area (Å²) in [7, 11) is 0. The second kappa shape index (κ2) is 7.97. The fourth-order valence-corrected chi connectivity index (χ4v) is 4.12. The second-order valence-corrected chi connectivity index (χ2v) is 7.61. The van der Waals surface area contributed by atoms with Crippen LogP contribution in [-0.2, 0) is 0 Å². The van der Waals surface area contributed by atoms with Crippen molar-refractivity contribution in [3.05, 3.63) is 52.2 Å². The minimum atomic E-state index is -0.461. The third-order valence-corrected chi connectivity index (χ3v) is 5.81. The number of nitrogens with zero attached hydrogens (tertiary/aromatic N) is 1. The lowest BCUT2D eigenvalue weighted by molar-refractivity contribution is 0.0697. The molecular formula is C19H22FN3O2S. The van der Waals surface area contributed by atoms with Gasteiger partial charge in [0.1, 0.15) is 5.82 Å². The van der Waals surface area contributed by atoms with Crippen LogP contribution in [0.2, 0.25) is 0 Å². The topological polar surface area (TPSA) is 75.4 Å². The molecule has 5 nitrogen and oxygen atoms in total. The summed E-state index contributed by atoms with van der Waals surface area (Å²) in [6.07, 6.45) is 1.85. The highest BCUT2D eigenvalue weighted by Crippen LogP contribution is 2.29. The number of likely N-dealkylation sites (tertiary alicyclic amines) is 1. The number of rotatable bonds is 4. The number of hydrogen-bond acceptors (Lipinski definition) is 4. The van der Waals surface area contributed by atoms with Gasteiger partial charge in [0.05, 0.1) is 9.88 Å². The predicted molar refractivity (Wildman–Crippen MR) is 101 cm³/mol. The van der Waals surface area contributed by atoms with Gasteiger partial charge in [-0.25, -0.2) is 4.39 Å². The maximum atomic E-state index is 13.3. The van der Waals surface area contributed by atoms with Gasteiger partial charge in [-0.1, -0.05) is 6.07 Å². The molecule has 0 unspecified atom stereocenters. The van der Waals surface area contributed by atoms with Crippen molar-refractivity contribution < 1.29 is 14.0 Å². The van der Waals surface area contributed by atoms with Crippen LogP contribution in [0.15, 0.2) is 30.3 Å². The van der Waals surface area contributed by atoms with Crippen molar-refractivity contribution in [2.75, 3.05) is 25.0 Å². The molecule has 1 fully saturated rings. The lowest BCUT2D eigenvalue weighted by Crippen LogP contribution is -2.39. The van der Waals surface area contributed by atoms with Crippen LogP contribution in [0.1, 0.15) is 38.4 Å². The Bertz CT molecular complexity index is 813. The van der Waals surface area contributed by atoms with Crippen LogP contribution in [-0.4, -0.2) is 36.3 Å². The zero-order valence-corrected chi connectivity index (χ0v) is 15.4. The van der Waals surface area contributed by atoms with Gasteiger partial charge in [-0.2, -0.15) is 0 Å². The second-order valence-electron chi connectivity index (χ2n) is 6.56. The first-order chi connectivity index (χ1) is 12.5. The van der Waals surface area contributed by atoms with Gasteiger partial charge in [-0.15, -0.1) is 11.3 Å². The average molecular weight is 375 g/mol. The molecule has 0 atom stereocenters. The third kappa shape index (κ3) is 4.11. The predicted octanol–water partition coefficient (Wildman–Crippen LogP) is 3.26. The molecule has 3 N–H and O–H groups in total. The first-order valence-corrected chi connectivity index (χ1v) is 9.46. The molecule has 0 aliphatic carbocycles. The molecule has 1 aromatic carbocycles.